The van der Waals surface area contributed by atoms with Crippen LogP contribution in [0.1, 0.15) is 12.8 Å². The molecular formula is C18H18FN3O4S. The number of carbonyl (C=O) groups excluding carboxylic acids is 2. The molecule has 0 aliphatic carbocycles. The van der Waals surface area contributed by atoms with Gasteiger partial charge in [0.05, 0.1) is 11.4 Å². The van der Waals surface area contributed by atoms with Crippen molar-refractivity contribution in [3.63, 3.8) is 0 Å². The van der Waals surface area contributed by atoms with Gasteiger partial charge in [-0.2, -0.15) is 0 Å². The predicted octanol–water partition coefficient (Wildman–Crippen LogP) is 1.87. The molecule has 0 radical (unpaired) electrons. The van der Waals surface area contributed by atoms with E-state index in [0.717, 1.165) is 30.7 Å². The van der Waals surface area contributed by atoms with Gasteiger partial charge in [0.2, 0.25) is 21.8 Å². The van der Waals surface area contributed by atoms with E-state index in [2.05, 4.69) is 10.0 Å². The third-order valence-corrected chi connectivity index (χ3v) is 5.48. The van der Waals surface area contributed by atoms with Crippen LogP contribution in [0.3, 0.4) is 0 Å². The lowest BCUT2D eigenvalue weighted by molar-refractivity contribution is -0.117. The maximum atomic E-state index is 12.9. The summed E-state index contributed by atoms with van der Waals surface area (Å²) in [4.78, 5) is 25.4. The van der Waals surface area contributed by atoms with Crippen LogP contribution in [0.5, 0.6) is 0 Å². The lowest BCUT2D eigenvalue weighted by atomic mass is 10.2. The standard InChI is InChI=1S/C18H18FN3O4S/c19-13-6-8-16(9-7-13)27(25,26)20-12-17(23)21-14-3-1-4-15(11-14)22-10-2-5-18(22)24/h1,3-4,6-9,11,20H,2,5,10,12H2,(H,21,23). The van der Waals surface area contributed by atoms with E-state index in [-0.39, 0.29) is 10.8 Å². The number of benzene rings is 2. The van der Waals surface area contributed by atoms with Gasteiger partial charge in [0, 0.05) is 24.3 Å². The first-order valence-corrected chi connectivity index (χ1v) is 9.79. The van der Waals surface area contributed by atoms with Gasteiger partial charge in [0.25, 0.3) is 0 Å². The Balaban J connectivity index is 1.61. The minimum Gasteiger partial charge on any atom is -0.325 e. The highest BCUT2D eigenvalue weighted by molar-refractivity contribution is 7.89. The Morgan fingerprint density at radius 3 is 2.56 bits per heavy atom. The Kier molecular flexibility index (Phi) is 5.52. The van der Waals surface area contributed by atoms with Crippen molar-refractivity contribution in [2.24, 2.45) is 0 Å². The monoisotopic (exact) mass is 391 g/mol. The predicted molar refractivity (Wildman–Crippen MR) is 98.2 cm³/mol. The highest BCUT2D eigenvalue weighted by Gasteiger charge is 2.22. The van der Waals surface area contributed by atoms with Crippen LogP contribution in [-0.2, 0) is 19.6 Å². The first-order chi connectivity index (χ1) is 12.8. The van der Waals surface area contributed by atoms with Crippen LogP contribution in [0.25, 0.3) is 0 Å². The average molecular weight is 391 g/mol. The summed E-state index contributed by atoms with van der Waals surface area (Å²) in [5, 5.41) is 2.59. The molecule has 142 valence electrons. The first-order valence-electron chi connectivity index (χ1n) is 8.31. The summed E-state index contributed by atoms with van der Waals surface area (Å²) < 4.78 is 39.3. The van der Waals surface area contributed by atoms with Crippen molar-refractivity contribution in [2.45, 2.75) is 17.7 Å². The van der Waals surface area contributed by atoms with Crippen LogP contribution in [0.4, 0.5) is 15.8 Å². The quantitative estimate of drug-likeness (QED) is 0.786. The van der Waals surface area contributed by atoms with Crippen molar-refractivity contribution < 1.29 is 22.4 Å². The molecule has 1 heterocycles. The van der Waals surface area contributed by atoms with E-state index >= 15 is 0 Å². The fraction of sp³-hybridized carbons (Fsp3) is 0.222. The van der Waals surface area contributed by atoms with Gasteiger partial charge in [0.15, 0.2) is 0 Å². The molecular weight excluding hydrogens is 373 g/mol. The first kappa shape index (κ1) is 19.0. The van der Waals surface area contributed by atoms with Gasteiger partial charge in [0.1, 0.15) is 5.82 Å². The Morgan fingerprint density at radius 1 is 1.15 bits per heavy atom. The molecule has 27 heavy (non-hydrogen) atoms. The molecule has 1 fully saturated rings. The number of amides is 2. The molecule has 2 aromatic rings. The van der Waals surface area contributed by atoms with Gasteiger partial charge < -0.3 is 10.2 Å². The summed E-state index contributed by atoms with van der Waals surface area (Å²) in [7, 11) is -3.92. The molecule has 1 aliphatic rings. The van der Waals surface area contributed by atoms with Crippen molar-refractivity contribution >= 4 is 33.2 Å². The van der Waals surface area contributed by atoms with Crippen LogP contribution < -0.4 is 14.9 Å². The molecule has 1 aliphatic heterocycles. The summed E-state index contributed by atoms with van der Waals surface area (Å²) in [6.07, 6.45) is 1.29. The van der Waals surface area contributed by atoms with Crippen molar-refractivity contribution in [1.29, 1.82) is 0 Å². The second-order valence-corrected chi connectivity index (χ2v) is 7.79. The zero-order valence-corrected chi connectivity index (χ0v) is 15.1. The Morgan fingerprint density at radius 2 is 1.89 bits per heavy atom. The summed E-state index contributed by atoms with van der Waals surface area (Å²) in [6.45, 7) is 0.153. The van der Waals surface area contributed by atoms with E-state index in [9.17, 15) is 22.4 Å². The van der Waals surface area contributed by atoms with Crippen LogP contribution in [-0.4, -0.2) is 33.3 Å². The fourth-order valence-electron chi connectivity index (χ4n) is 2.74. The average Bonchev–Trinajstić information content (AvgIpc) is 3.07. The Hall–Kier alpha value is -2.78. The van der Waals surface area contributed by atoms with Gasteiger partial charge in [-0.1, -0.05) is 6.07 Å². The highest BCUT2D eigenvalue weighted by Crippen LogP contribution is 2.24. The maximum Gasteiger partial charge on any atom is 0.241 e. The molecule has 1 saturated heterocycles. The van der Waals surface area contributed by atoms with Gasteiger partial charge >= 0.3 is 0 Å². The van der Waals surface area contributed by atoms with E-state index in [1.165, 1.54) is 0 Å². The molecule has 0 spiro atoms. The highest BCUT2D eigenvalue weighted by atomic mass is 32.2. The van der Waals surface area contributed by atoms with E-state index in [1.54, 1.807) is 29.2 Å². The Labute approximate surface area is 156 Å². The van der Waals surface area contributed by atoms with E-state index < -0.39 is 28.3 Å². The smallest absolute Gasteiger partial charge is 0.241 e. The molecule has 0 bridgehead atoms. The minimum absolute atomic E-state index is 0.0329. The number of anilines is 2. The summed E-state index contributed by atoms with van der Waals surface area (Å²) in [5.41, 5.74) is 1.14. The normalized spacial score (nSPS) is 14.4. The second kappa shape index (κ2) is 7.85. The zero-order valence-electron chi connectivity index (χ0n) is 14.3. The maximum absolute atomic E-state index is 12.9. The zero-order chi connectivity index (χ0) is 19.4. The van der Waals surface area contributed by atoms with Crippen molar-refractivity contribution in [3.05, 3.63) is 54.3 Å². The number of nitrogens with one attached hydrogen (secondary N) is 2. The molecule has 3 rings (SSSR count). The fourth-order valence-corrected chi connectivity index (χ4v) is 3.72. The Bertz CT molecular complexity index is 961. The molecule has 7 nitrogen and oxygen atoms in total. The number of nitrogens with zero attached hydrogens (tertiary/aromatic N) is 1. The van der Waals surface area contributed by atoms with Crippen LogP contribution >= 0.6 is 0 Å². The third kappa shape index (κ3) is 4.69. The van der Waals surface area contributed by atoms with Gasteiger partial charge in [-0.3, -0.25) is 9.59 Å². The molecule has 0 atom stereocenters. The lowest BCUT2D eigenvalue weighted by Crippen LogP contribution is -2.33. The number of carbonyl (C=O) groups is 2. The second-order valence-electron chi connectivity index (χ2n) is 6.03. The van der Waals surface area contributed by atoms with E-state index in [4.69, 9.17) is 0 Å². The summed E-state index contributed by atoms with van der Waals surface area (Å²) >= 11 is 0. The number of halogens is 1. The van der Waals surface area contributed by atoms with Crippen LogP contribution in [0.2, 0.25) is 0 Å². The lowest BCUT2D eigenvalue weighted by Gasteiger charge is -2.16. The number of rotatable bonds is 6. The minimum atomic E-state index is -3.92. The van der Waals surface area contributed by atoms with Crippen molar-refractivity contribution in [1.82, 2.24) is 4.72 Å². The van der Waals surface area contributed by atoms with Crippen LogP contribution in [0.15, 0.2) is 53.4 Å². The van der Waals surface area contributed by atoms with Gasteiger partial charge in [-0.05, 0) is 48.9 Å². The number of hydrogen-bond acceptors (Lipinski definition) is 4. The molecule has 0 unspecified atom stereocenters. The van der Waals surface area contributed by atoms with Crippen molar-refractivity contribution in [2.75, 3.05) is 23.3 Å². The summed E-state index contributed by atoms with van der Waals surface area (Å²) in [6, 6.07) is 11.1. The van der Waals surface area contributed by atoms with E-state index in [0.29, 0.717) is 24.3 Å². The topological polar surface area (TPSA) is 95.6 Å². The number of hydrogen-bond donors (Lipinski definition) is 2. The SMILES string of the molecule is O=C(CNS(=O)(=O)c1ccc(F)cc1)Nc1cccc(N2CCCC2=O)c1. The largest absolute Gasteiger partial charge is 0.325 e. The molecule has 2 aromatic carbocycles. The molecule has 9 heteroatoms. The molecule has 2 amide bonds. The van der Waals surface area contributed by atoms with Crippen LogP contribution in [0, 0.1) is 5.82 Å². The van der Waals surface area contributed by atoms with Crippen molar-refractivity contribution in [3.8, 4) is 0 Å². The number of sulfonamides is 1. The van der Waals surface area contributed by atoms with E-state index in [1.807, 2.05) is 0 Å². The molecule has 0 aromatic heterocycles. The summed E-state index contributed by atoms with van der Waals surface area (Å²) in [5.74, 6) is -1.08. The van der Waals surface area contributed by atoms with Gasteiger partial charge in [-0.15, -0.1) is 0 Å². The van der Waals surface area contributed by atoms with Gasteiger partial charge in [-0.25, -0.2) is 17.5 Å². The molecule has 2 N–H and O–H groups in total. The molecule has 0 saturated carbocycles. The third-order valence-electron chi connectivity index (χ3n) is 4.06.